The van der Waals surface area contributed by atoms with Crippen LogP contribution in [0.5, 0.6) is 11.5 Å². The summed E-state index contributed by atoms with van der Waals surface area (Å²) in [5, 5.41) is 0. The van der Waals surface area contributed by atoms with Crippen molar-refractivity contribution in [3.8, 4) is 11.5 Å². The molecule has 0 aliphatic carbocycles. The number of carbonyl (C=O) groups excluding carboxylic acids is 1. The van der Waals surface area contributed by atoms with Gasteiger partial charge >= 0.3 is 6.61 Å². The van der Waals surface area contributed by atoms with E-state index in [1.54, 1.807) is 33.0 Å². The molecule has 0 saturated carbocycles. The SMILES string of the molecule is CCOc1cc(CN(C)C(=O)C(C)CN)ccc1OC(F)F. The monoisotopic (exact) mass is 316 g/mol. The van der Waals surface area contributed by atoms with Gasteiger partial charge in [0.25, 0.3) is 0 Å². The number of benzene rings is 1. The van der Waals surface area contributed by atoms with Crippen molar-refractivity contribution in [1.82, 2.24) is 4.90 Å². The first-order valence-corrected chi connectivity index (χ1v) is 7.04. The first-order chi connectivity index (χ1) is 10.4. The Morgan fingerprint density at radius 1 is 1.36 bits per heavy atom. The molecule has 1 aromatic carbocycles. The lowest BCUT2D eigenvalue weighted by atomic mass is 10.1. The standard InChI is InChI=1S/C15H22F2N2O3/c1-4-21-13-7-11(5-6-12(13)22-15(16)17)9-19(3)14(20)10(2)8-18/h5-7,10,15H,4,8-9,18H2,1-3H3. The molecule has 1 amide bonds. The van der Waals surface area contributed by atoms with E-state index in [-0.39, 0.29) is 29.9 Å². The van der Waals surface area contributed by atoms with Gasteiger partial charge in [-0.2, -0.15) is 8.78 Å². The third kappa shape index (κ3) is 5.14. The molecule has 0 saturated heterocycles. The van der Waals surface area contributed by atoms with Gasteiger partial charge in [-0.25, -0.2) is 0 Å². The number of nitrogens with zero attached hydrogens (tertiary/aromatic N) is 1. The fourth-order valence-corrected chi connectivity index (χ4v) is 1.94. The van der Waals surface area contributed by atoms with E-state index in [0.717, 1.165) is 5.56 Å². The predicted molar refractivity (Wildman–Crippen MR) is 78.9 cm³/mol. The molecule has 22 heavy (non-hydrogen) atoms. The van der Waals surface area contributed by atoms with Gasteiger partial charge < -0.3 is 20.1 Å². The number of halogens is 2. The summed E-state index contributed by atoms with van der Waals surface area (Å²) in [5.41, 5.74) is 6.23. The second-order valence-electron chi connectivity index (χ2n) is 4.92. The van der Waals surface area contributed by atoms with Crippen molar-refractivity contribution >= 4 is 5.91 Å². The maximum absolute atomic E-state index is 12.3. The fraction of sp³-hybridized carbons (Fsp3) is 0.533. The highest BCUT2D eigenvalue weighted by Crippen LogP contribution is 2.30. The minimum Gasteiger partial charge on any atom is -0.490 e. The summed E-state index contributed by atoms with van der Waals surface area (Å²) in [4.78, 5) is 13.5. The Morgan fingerprint density at radius 2 is 2.05 bits per heavy atom. The number of carbonyl (C=O) groups is 1. The fourth-order valence-electron chi connectivity index (χ4n) is 1.94. The van der Waals surface area contributed by atoms with Crippen LogP contribution in [0, 0.1) is 5.92 Å². The number of hydrogen-bond donors (Lipinski definition) is 1. The summed E-state index contributed by atoms with van der Waals surface area (Å²) >= 11 is 0. The molecular formula is C15H22F2N2O3. The van der Waals surface area contributed by atoms with Crippen molar-refractivity contribution in [3.63, 3.8) is 0 Å². The molecule has 2 N–H and O–H groups in total. The van der Waals surface area contributed by atoms with Crippen molar-refractivity contribution in [1.29, 1.82) is 0 Å². The highest BCUT2D eigenvalue weighted by Gasteiger charge is 2.17. The van der Waals surface area contributed by atoms with Crippen LogP contribution in [0.3, 0.4) is 0 Å². The van der Waals surface area contributed by atoms with Crippen LogP contribution in [0.2, 0.25) is 0 Å². The van der Waals surface area contributed by atoms with Crippen LogP contribution >= 0.6 is 0 Å². The quantitative estimate of drug-likeness (QED) is 0.799. The Labute approximate surface area is 129 Å². The number of ether oxygens (including phenoxy) is 2. The zero-order chi connectivity index (χ0) is 16.7. The summed E-state index contributed by atoms with van der Waals surface area (Å²) in [6.45, 7) is 1.51. The third-order valence-electron chi connectivity index (χ3n) is 3.10. The second kappa shape index (κ2) is 8.53. The summed E-state index contributed by atoms with van der Waals surface area (Å²) in [6, 6.07) is 4.63. The molecule has 0 heterocycles. The lowest BCUT2D eigenvalue weighted by Gasteiger charge is -2.21. The minimum absolute atomic E-state index is 0.0232. The van der Waals surface area contributed by atoms with Gasteiger partial charge in [0.1, 0.15) is 0 Å². The van der Waals surface area contributed by atoms with Crippen LogP contribution in [-0.4, -0.2) is 37.6 Å². The molecule has 0 aromatic heterocycles. The van der Waals surface area contributed by atoms with Gasteiger partial charge in [0, 0.05) is 26.1 Å². The zero-order valence-corrected chi connectivity index (χ0v) is 13.0. The lowest BCUT2D eigenvalue weighted by molar-refractivity contribution is -0.133. The van der Waals surface area contributed by atoms with Crippen LogP contribution < -0.4 is 15.2 Å². The number of amides is 1. The van der Waals surface area contributed by atoms with E-state index >= 15 is 0 Å². The van der Waals surface area contributed by atoms with E-state index < -0.39 is 6.61 Å². The van der Waals surface area contributed by atoms with E-state index in [1.165, 1.54) is 11.0 Å². The Kier molecular flexibility index (Phi) is 7.04. The summed E-state index contributed by atoms with van der Waals surface area (Å²) < 4.78 is 34.4. The van der Waals surface area contributed by atoms with Crippen LogP contribution in [-0.2, 0) is 11.3 Å². The van der Waals surface area contributed by atoms with Gasteiger partial charge in [0.05, 0.1) is 6.61 Å². The normalized spacial score (nSPS) is 12.1. The lowest BCUT2D eigenvalue weighted by Crippen LogP contribution is -2.34. The Bertz CT molecular complexity index is 498. The van der Waals surface area contributed by atoms with Crippen molar-refractivity contribution in [3.05, 3.63) is 23.8 Å². The Morgan fingerprint density at radius 3 is 2.59 bits per heavy atom. The maximum atomic E-state index is 12.3. The minimum atomic E-state index is -2.92. The molecule has 1 rings (SSSR count). The van der Waals surface area contributed by atoms with Crippen molar-refractivity contribution in [2.24, 2.45) is 11.7 Å². The van der Waals surface area contributed by atoms with Crippen molar-refractivity contribution < 1.29 is 23.0 Å². The zero-order valence-electron chi connectivity index (χ0n) is 13.0. The number of nitrogens with two attached hydrogens (primary N) is 1. The second-order valence-corrected chi connectivity index (χ2v) is 4.92. The van der Waals surface area contributed by atoms with Gasteiger partial charge in [0.15, 0.2) is 11.5 Å². The third-order valence-corrected chi connectivity index (χ3v) is 3.10. The van der Waals surface area contributed by atoms with Crippen LogP contribution in [0.15, 0.2) is 18.2 Å². The molecule has 1 unspecified atom stereocenters. The molecule has 0 aliphatic rings. The van der Waals surface area contributed by atoms with Crippen molar-refractivity contribution in [2.75, 3.05) is 20.2 Å². The molecule has 5 nitrogen and oxygen atoms in total. The molecule has 1 atom stereocenters. The molecule has 7 heteroatoms. The molecule has 1 aromatic rings. The number of alkyl halides is 2. The average Bonchev–Trinajstić information content (AvgIpc) is 2.48. The summed E-state index contributed by atoms with van der Waals surface area (Å²) in [6.07, 6.45) is 0. The van der Waals surface area contributed by atoms with Crippen LogP contribution in [0.25, 0.3) is 0 Å². The predicted octanol–water partition coefficient (Wildman–Crippen LogP) is 2.24. The average molecular weight is 316 g/mol. The van der Waals surface area contributed by atoms with Gasteiger partial charge in [-0.15, -0.1) is 0 Å². The first kappa shape index (κ1) is 18.2. The molecule has 0 spiro atoms. The van der Waals surface area contributed by atoms with Crippen molar-refractivity contribution in [2.45, 2.75) is 27.0 Å². The van der Waals surface area contributed by atoms with E-state index in [1.807, 2.05) is 0 Å². The summed E-state index contributed by atoms with van der Waals surface area (Å²) in [7, 11) is 1.67. The number of rotatable bonds is 8. The first-order valence-electron chi connectivity index (χ1n) is 7.04. The molecule has 0 aliphatic heterocycles. The molecular weight excluding hydrogens is 294 g/mol. The van der Waals surface area contributed by atoms with E-state index in [2.05, 4.69) is 4.74 Å². The highest BCUT2D eigenvalue weighted by molar-refractivity contribution is 5.78. The molecule has 0 radical (unpaired) electrons. The molecule has 0 bridgehead atoms. The maximum Gasteiger partial charge on any atom is 0.387 e. The highest BCUT2D eigenvalue weighted by atomic mass is 19.3. The van der Waals surface area contributed by atoms with Crippen LogP contribution in [0.1, 0.15) is 19.4 Å². The topological polar surface area (TPSA) is 64.8 Å². The summed E-state index contributed by atoms with van der Waals surface area (Å²) in [5.74, 6) is -0.135. The Hall–Kier alpha value is -1.89. The van der Waals surface area contributed by atoms with Crippen LogP contribution in [0.4, 0.5) is 8.78 Å². The molecule has 0 fully saturated rings. The van der Waals surface area contributed by atoms with E-state index in [4.69, 9.17) is 10.5 Å². The van der Waals surface area contributed by atoms with E-state index in [0.29, 0.717) is 13.2 Å². The van der Waals surface area contributed by atoms with E-state index in [9.17, 15) is 13.6 Å². The van der Waals surface area contributed by atoms with Gasteiger partial charge in [-0.05, 0) is 24.6 Å². The van der Waals surface area contributed by atoms with Gasteiger partial charge in [0.2, 0.25) is 5.91 Å². The largest absolute Gasteiger partial charge is 0.490 e. The number of hydrogen-bond acceptors (Lipinski definition) is 4. The smallest absolute Gasteiger partial charge is 0.387 e. The molecule has 124 valence electrons. The Balaban J connectivity index is 2.87. The van der Waals surface area contributed by atoms with Gasteiger partial charge in [-0.1, -0.05) is 13.0 Å². The van der Waals surface area contributed by atoms with Gasteiger partial charge in [-0.3, -0.25) is 4.79 Å².